The third-order valence-electron chi connectivity index (χ3n) is 6.28. The number of hydrogen-bond acceptors (Lipinski definition) is 6. The average molecular weight is 467 g/mol. The van der Waals surface area contributed by atoms with Gasteiger partial charge in [0, 0.05) is 5.69 Å². The fourth-order valence-corrected chi connectivity index (χ4v) is 4.85. The van der Waals surface area contributed by atoms with E-state index < -0.39 is 35.2 Å². The quantitative estimate of drug-likeness (QED) is 0.676. The first-order valence-corrected chi connectivity index (χ1v) is 11.3. The number of esters is 1. The molecule has 2 amide bonds. The van der Waals surface area contributed by atoms with Crippen LogP contribution in [-0.2, 0) is 35.8 Å². The van der Waals surface area contributed by atoms with Crippen LogP contribution in [0.25, 0.3) is 0 Å². The Bertz CT molecular complexity index is 1080. The van der Waals surface area contributed by atoms with Crippen LogP contribution in [0, 0.1) is 0 Å². The summed E-state index contributed by atoms with van der Waals surface area (Å²) in [6.45, 7) is 5.58. The first-order valence-electron chi connectivity index (χ1n) is 11.3. The zero-order chi connectivity index (χ0) is 24.5. The molecule has 8 heteroatoms. The van der Waals surface area contributed by atoms with Crippen molar-refractivity contribution in [3.63, 3.8) is 0 Å². The average Bonchev–Trinajstić information content (AvgIpc) is 3.29. The smallest absolute Gasteiger partial charge is 0.411 e. The van der Waals surface area contributed by atoms with E-state index in [9.17, 15) is 14.4 Å². The summed E-state index contributed by atoms with van der Waals surface area (Å²) in [6, 6.07) is 15.2. The van der Waals surface area contributed by atoms with Crippen molar-refractivity contribution < 1.29 is 28.6 Å². The zero-order valence-electron chi connectivity index (χ0n) is 19.9. The molecule has 1 fully saturated rings. The highest BCUT2D eigenvalue weighted by molar-refractivity contribution is 6.08. The van der Waals surface area contributed by atoms with Gasteiger partial charge in [-0.2, -0.15) is 0 Å². The molecule has 0 bridgehead atoms. The maximum atomic E-state index is 13.5. The number of methoxy groups -OCH3 is 1. The van der Waals surface area contributed by atoms with Gasteiger partial charge in [-0.25, -0.2) is 9.59 Å². The van der Waals surface area contributed by atoms with E-state index in [2.05, 4.69) is 5.32 Å². The van der Waals surface area contributed by atoms with Gasteiger partial charge in [0.25, 0.3) is 0 Å². The topological polar surface area (TPSA) is 94.2 Å². The van der Waals surface area contributed by atoms with Crippen molar-refractivity contribution >= 4 is 23.7 Å². The molecule has 0 radical (unpaired) electrons. The summed E-state index contributed by atoms with van der Waals surface area (Å²) in [5, 5.41) is 2.93. The van der Waals surface area contributed by atoms with Gasteiger partial charge in [-0.1, -0.05) is 48.5 Å². The number of benzene rings is 2. The number of para-hydroxylation sites is 1. The van der Waals surface area contributed by atoms with Crippen LogP contribution < -0.4 is 5.32 Å². The molecule has 2 aliphatic rings. The molecular weight excluding hydrogens is 436 g/mol. The number of ether oxygens (including phenoxy) is 3. The van der Waals surface area contributed by atoms with Gasteiger partial charge in [0.05, 0.1) is 26.4 Å². The minimum absolute atomic E-state index is 0.0311. The lowest BCUT2D eigenvalue weighted by molar-refractivity contribution is -0.146. The van der Waals surface area contributed by atoms with Crippen molar-refractivity contribution in [3.8, 4) is 0 Å². The standard InChI is InChI=1S/C26H30N2O6/c1-25(2,3)34-24(31)28-20(22(29)32-4)14-26(18-12-8-9-13-19(18)27-23(26)30)21(28)16-33-15-17-10-6-5-7-11-17/h5-13,20-21H,14-16H2,1-4H3,(H,27,30)/t20-,21-,26-/m0/s1. The Morgan fingerprint density at radius 2 is 1.76 bits per heavy atom. The van der Waals surface area contributed by atoms with Crippen LogP contribution in [0.3, 0.4) is 0 Å². The Morgan fingerprint density at radius 1 is 1.09 bits per heavy atom. The van der Waals surface area contributed by atoms with E-state index in [1.165, 1.54) is 12.0 Å². The van der Waals surface area contributed by atoms with E-state index in [-0.39, 0.29) is 18.9 Å². The number of nitrogens with one attached hydrogen (secondary N) is 1. The van der Waals surface area contributed by atoms with Crippen molar-refractivity contribution in [3.05, 3.63) is 65.7 Å². The van der Waals surface area contributed by atoms with Gasteiger partial charge in [-0.3, -0.25) is 9.69 Å². The number of hydrogen-bond donors (Lipinski definition) is 1. The Kier molecular flexibility index (Phi) is 6.36. The van der Waals surface area contributed by atoms with E-state index in [0.717, 1.165) is 11.1 Å². The highest BCUT2D eigenvalue weighted by Gasteiger charge is 2.64. The van der Waals surface area contributed by atoms with Crippen molar-refractivity contribution in [2.45, 2.75) is 56.9 Å². The largest absolute Gasteiger partial charge is 0.467 e. The second kappa shape index (κ2) is 9.10. The molecule has 2 heterocycles. The van der Waals surface area contributed by atoms with Crippen LogP contribution in [0.15, 0.2) is 54.6 Å². The molecule has 1 spiro atoms. The highest BCUT2D eigenvalue weighted by Crippen LogP contribution is 2.51. The Labute approximate surface area is 199 Å². The van der Waals surface area contributed by atoms with E-state index in [0.29, 0.717) is 12.3 Å². The Hall–Kier alpha value is -3.39. The lowest BCUT2D eigenvalue weighted by atomic mass is 9.74. The molecular formula is C26H30N2O6. The normalized spacial score (nSPS) is 23.5. The fraction of sp³-hybridized carbons (Fsp3) is 0.423. The first-order chi connectivity index (χ1) is 16.2. The molecule has 2 aliphatic heterocycles. The summed E-state index contributed by atoms with van der Waals surface area (Å²) in [5.41, 5.74) is 0.379. The second-order valence-electron chi connectivity index (χ2n) is 9.62. The molecule has 0 aromatic heterocycles. The summed E-state index contributed by atoms with van der Waals surface area (Å²) in [4.78, 5) is 41.1. The zero-order valence-corrected chi connectivity index (χ0v) is 19.9. The lowest BCUT2D eigenvalue weighted by Gasteiger charge is -2.35. The summed E-state index contributed by atoms with van der Waals surface area (Å²) in [5.74, 6) is -0.880. The molecule has 0 unspecified atom stereocenters. The van der Waals surface area contributed by atoms with E-state index >= 15 is 0 Å². The number of likely N-dealkylation sites (tertiary alicyclic amines) is 1. The summed E-state index contributed by atoms with van der Waals surface area (Å²) < 4.78 is 16.7. The number of carbonyl (C=O) groups is 3. The molecule has 34 heavy (non-hydrogen) atoms. The predicted octanol–water partition coefficient (Wildman–Crippen LogP) is 3.64. The van der Waals surface area contributed by atoms with Crippen LogP contribution >= 0.6 is 0 Å². The number of rotatable bonds is 5. The molecule has 3 atom stereocenters. The first kappa shape index (κ1) is 23.8. The molecule has 2 aromatic carbocycles. The summed E-state index contributed by atoms with van der Waals surface area (Å²) in [7, 11) is 1.27. The van der Waals surface area contributed by atoms with Gasteiger partial charge >= 0.3 is 12.1 Å². The molecule has 1 N–H and O–H groups in total. The van der Waals surface area contributed by atoms with Gasteiger partial charge in [-0.05, 0) is 44.4 Å². The number of amides is 2. The molecule has 8 nitrogen and oxygen atoms in total. The summed E-state index contributed by atoms with van der Waals surface area (Å²) >= 11 is 0. The second-order valence-corrected chi connectivity index (χ2v) is 9.62. The van der Waals surface area contributed by atoms with Crippen molar-refractivity contribution in [1.82, 2.24) is 4.90 Å². The Balaban J connectivity index is 1.75. The third-order valence-corrected chi connectivity index (χ3v) is 6.28. The Morgan fingerprint density at radius 3 is 2.44 bits per heavy atom. The minimum Gasteiger partial charge on any atom is -0.467 e. The maximum absolute atomic E-state index is 13.5. The van der Waals surface area contributed by atoms with Gasteiger partial charge < -0.3 is 19.5 Å². The van der Waals surface area contributed by atoms with Crippen LogP contribution in [0.2, 0.25) is 0 Å². The number of anilines is 1. The minimum atomic E-state index is -1.18. The van der Waals surface area contributed by atoms with Crippen molar-refractivity contribution in [2.75, 3.05) is 19.0 Å². The number of nitrogens with zero attached hydrogens (tertiary/aromatic N) is 1. The van der Waals surface area contributed by atoms with Crippen molar-refractivity contribution in [1.29, 1.82) is 0 Å². The lowest BCUT2D eigenvalue weighted by Crippen LogP contribution is -2.54. The van der Waals surface area contributed by atoms with Gasteiger partial charge in [0.15, 0.2) is 0 Å². The van der Waals surface area contributed by atoms with E-state index in [1.807, 2.05) is 54.6 Å². The number of carbonyl (C=O) groups excluding carboxylic acids is 3. The van der Waals surface area contributed by atoms with Gasteiger partial charge in [0.1, 0.15) is 17.1 Å². The third kappa shape index (κ3) is 4.25. The number of fused-ring (bicyclic) bond motifs is 2. The molecule has 2 aromatic rings. The molecule has 180 valence electrons. The van der Waals surface area contributed by atoms with Gasteiger partial charge in [-0.15, -0.1) is 0 Å². The highest BCUT2D eigenvalue weighted by atomic mass is 16.6. The molecule has 0 aliphatic carbocycles. The van der Waals surface area contributed by atoms with Crippen molar-refractivity contribution in [2.24, 2.45) is 0 Å². The van der Waals surface area contributed by atoms with E-state index in [1.54, 1.807) is 20.8 Å². The molecule has 0 saturated carbocycles. The summed E-state index contributed by atoms with van der Waals surface area (Å²) in [6.07, 6.45) is -0.619. The maximum Gasteiger partial charge on any atom is 0.411 e. The van der Waals surface area contributed by atoms with Crippen LogP contribution in [0.4, 0.5) is 10.5 Å². The predicted molar refractivity (Wildman–Crippen MR) is 125 cm³/mol. The monoisotopic (exact) mass is 466 g/mol. The van der Waals surface area contributed by atoms with Gasteiger partial charge in [0.2, 0.25) is 5.91 Å². The van der Waals surface area contributed by atoms with E-state index in [4.69, 9.17) is 14.2 Å². The van der Waals surface area contributed by atoms with Crippen LogP contribution in [0.5, 0.6) is 0 Å². The van der Waals surface area contributed by atoms with Crippen LogP contribution in [-0.4, -0.2) is 54.3 Å². The SMILES string of the molecule is COC(=O)[C@@H]1C[C@@]2(C(=O)Nc3ccccc32)[C@H](COCc2ccccc2)N1C(=O)OC(C)(C)C. The van der Waals surface area contributed by atoms with Crippen LogP contribution in [0.1, 0.15) is 38.3 Å². The molecule has 1 saturated heterocycles. The molecule has 4 rings (SSSR count). The fourth-order valence-electron chi connectivity index (χ4n) is 4.85.